The van der Waals surface area contributed by atoms with Crippen molar-refractivity contribution in [2.24, 2.45) is 5.92 Å². The summed E-state index contributed by atoms with van der Waals surface area (Å²) in [6, 6.07) is -2.80. The summed E-state index contributed by atoms with van der Waals surface area (Å²) < 4.78 is 0. The largest absolute Gasteiger partial charge is 0.481 e. The zero-order chi connectivity index (χ0) is 18.3. The van der Waals surface area contributed by atoms with Crippen LogP contribution in [0.3, 0.4) is 0 Å². The van der Waals surface area contributed by atoms with E-state index in [2.05, 4.69) is 16.0 Å². The molecule has 136 valence electrons. The molecule has 0 spiro atoms. The first-order valence-corrected chi connectivity index (χ1v) is 7.99. The van der Waals surface area contributed by atoms with E-state index < -0.39 is 36.4 Å². The second kappa shape index (κ2) is 9.21. The fourth-order valence-corrected chi connectivity index (χ4v) is 2.53. The van der Waals surface area contributed by atoms with Crippen LogP contribution in [0.2, 0.25) is 0 Å². The fraction of sp³-hybridized carbons (Fsp3) is 0.733. The molecule has 1 heterocycles. The Labute approximate surface area is 140 Å². The van der Waals surface area contributed by atoms with E-state index in [4.69, 9.17) is 10.2 Å². The van der Waals surface area contributed by atoms with Crippen LogP contribution < -0.4 is 16.0 Å². The van der Waals surface area contributed by atoms with Crippen molar-refractivity contribution in [1.29, 1.82) is 0 Å². The standard InChI is InChI=1S/C15H25N3O6/c1-8(2)6-10(17-13(21)9-4-3-5-16-9)14(22)18-11(15(23)24)7-12(19)20/h8-11,16H,3-7H2,1-2H3,(H,17,21)(H,18,22)(H,19,20)(H,23,24). The van der Waals surface area contributed by atoms with Crippen molar-refractivity contribution in [3.8, 4) is 0 Å². The molecule has 3 unspecified atom stereocenters. The van der Waals surface area contributed by atoms with Crippen LogP contribution in [-0.4, -0.2) is 58.6 Å². The molecule has 0 saturated carbocycles. The number of carbonyl (C=O) groups is 4. The van der Waals surface area contributed by atoms with E-state index in [9.17, 15) is 19.2 Å². The number of hydrogen-bond acceptors (Lipinski definition) is 5. The summed E-state index contributed by atoms with van der Waals surface area (Å²) in [5.74, 6) is -3.68. The first kappa shape index (κ1) is 19.9. The summed E-state index contributed by atoms with van der Waals surface area (Å²) in [7, 11) is 0. The molecule has 0 aromatic heterocycles. The molecule has 0 aliphatic carbocycles. The van der Waals surface area contributed by atoms with E-state index in [1.54, 1.807) is 0 Å². The lowest BCUT2D eigenvalue weighted by Crippen LogP contribution is -2.55. The third-order valence-electron chi connectivity index (χ3n) is 3.71. The number of carboxylic acids is 2. The van der Waals surface area contributed by atoms with Crippen molar-refractivity contribution in [3.63, 3.8) is 0 Å². The molecule has 0 aromatic carbocycles. The number of hydrogen-bond donors (Lipinski definition) is 5. The number of carboxylic acid groups (broad SMARTS) is 2. The van der Waals surface area contributed by atoms with Gasteiger partial charge in [-0.1, -0.05) is 13.8 Å². The van der Waals surface area contributed by atoms with E-state index in [0.717, 1.165) is 13.0 Å². The lowest BCUT2D eigenvalue weighted by molar-refractivity contribution is -0.147. The fourth-order valence-electron chi connectivity index (χ4n) is 2.53. The molecule has 0 aromatic rings. The average Bonchev–Trinajstić information content (AvgIpc) is 2.98. The molecule has 0 radical (unpaired) electrons. The Morgan fingerprint density at radius 2 is 1.79 bits per heavy atom. The summed E-state index contributed by atoms with van der Waals surface area (Å²) in [6.45, 7) is 4.47. The van der Waals surface area contributed by atoms with Crippen molar-refractivity contribution >= 4 is 23.8 Å². The number of carbonyl (C=O) groups excluding carboxylic acids is 2. The Morgan fingerprint density at radius 3 is 2.25 bits per heavy atom. The SMILES string of the molecule is CC(C)CC(NC(=O)C1CCCN1)C(=O)NC(CC(=O)O)C(=O)O. The average molecular weight is 343 g/mol. The van der Waals surface area contributed by atoms with E-state index in [1.165, 1.54) is 0 Å². The van der Waals surface area contributed by atoms with Crippen molar-refractivity contribution in [2.75, 3.05) is 6.54 Å². The first-order valence-electron chi connectivity index (χ1n) is 7.99. The Balaban J connectivity index is 2.73. The van der Waals surface area contributed by atoms with Crippen LogP contribution in [0, 0.1) is 5.92 Å². The van der Waals surface area contributed by atoms with Gasteiger partial charge >= 0.3 is 11.9 Å². The van der Waals surface area contributed by atoms with Crippen LogP contribution in [0.15, 0.2) is 0 Å². The Hall–Kier alpha value is -2.16. The van der Waals surface area contributed by atoms with Crippen LogP contribution in [0.25, 0.3) is 0 Å². The van der Waals surface area contributed by atoms with E-state index in [1.807, 2.05) is 13.8 Å². The minimum Gasteiger partial charge on any atom is -0.481 e. The number of aliphatic carboxylic acids is 2. The van der Waals surface area contributed by atoms with Gasteiger partial charge in [0, 0.05) is 0 Å². The van der Waals surface area contributed by atoms with Gasteiger partial charge in [0.1, 0.15) is 12.1 Å². The molecule has 9 heteroatoms. The quantitative estimate of drug-likeness (QED) is 0.373. The van der Waals surface area contributed by atoms with Crippen molar-refractivity contribution in [1.82, 2.24) is 16.0 Å². The predicted octanol–water partition coefficient (Wildman–Crippen LogP) is -0.687. The second-order valence-electron chi connectivity index (χ2n) is 6.34. The molecule has 9 nitrogen and oxygen atoms in total. The van der Waals surface area contributed by atoms with E-state index in [-0.39, 0.29) is 17.9 Å². The van der Waals surface area contributed by atoms with Crippen molar-refractivity contribution in [2.45, 2.75) is 57.7 Å². The second-order valence-corrected chi connectivity index (χ2v) is 6.34. The van der Waals surface area contributed by atoms with E-state index in [0.29, 0.717) is 12.8 Å². The van der Waals surface area contributed by atoms with Gasteiger partial charge in [0.2, 0.25) is 11.8 Å². The molecule has 2 amide bonds. The van der Waals surface area contributed by atoms with Crippen LogP contribution in [-0.2, 0) is 19.2 Å². The summed E-state index contributed by atoms with van der Waals surface area (Å²) in [5, 5.41) is 25.6. The smallest absolute Gasteiger partial charge is 0.326 e. The maximum absolute atomic E-state index is 12.3. The minimum atomic E-state index is -1.54. The normalized spacial score (nSPS) is 19.5. The van der Waals surface area contributed by atoms with E-state index >= 15 is 0 Å². The lowest BCUT2D eigenvalue weighted by Gasteiger charge is -2.23. The van der Waals surface area contributed by atoms with Crippen LogP contribution >= 0.6 is 0 Å². The third kappa shape index (κ3) is 6.53. The maximum atomic E-state index is 12.3. The molecule has 1 aliphatic rings. The number of amides is 2. The van der Waals surface area contributed by atoms with Crippen LogP contribution in [0.4, 0.5) is 0 Å². The van der Waals surface area contributed by atoms with Crippen molar-refractivity contribution in [3.05, 3.63) is 0 Å². The van der Waals surface area contributed by atoms with Gasteiger partial charge in [0.05, 0.1) is 12.5 Å². The summed E-state index contributed by atoms with van der Waals surface area (Å²) in [5.41, 5.74) is 0. The van der Waals surface area contributed by atoms with Crippen LogP contribution in [0.1, 0.15) is 39.5 Å². The molecule has 1 rings (SSSR count). The number of rotatable bonds is 9. The highest BCUT2D eigenvalue weighted by Crippen LogP contribution is 2.09. The van der Waals surface area contributed by atoms with Gasteiger partial charge in [-0.2, -0.15) is 0 Å². The monoisotopic (exact) mass is 343 g/mol. The van der Waals surface area contributed by atoms with Gasteiger partial charge in [-0.3, -0.25) is 14.4 Å². The Kier molecular flexibility index (Phi) is 7.63. The van der Waals surface area contributed by atoms with Gasteiger partial charge in [-0.25, -0.2) is 4.79 Å². The number of nitrogens with one attached hydrogen (secondary N) is 3. The summed E-state index contributed by atoms with van der Waals surface area (Å²) in [4.78, 5) is 46.3. The zero-order valence-corrected chi connectivity index (χ0v) is 13.9. The first-order chi connectivity index (χ1) is 11.2. The van der Waals surface area contributed by atoms with Gasteiger partial charge in [0.25, 0.3) is 0 Å². The minimum absolute atomic E-state index is 0.0836. The molecule has 5 N–H and O–H groups in total. The lowest BCUT2D eigenvalue weighted by atomic mass is 10.0. The predicted molar refractivity (Wildman–Crippen MR) is 84.2 cm³/mol. The highest BCUT2D eigenvalue weighted by atomic mass is 16.4. The van der Waals surface area contributed by atoms with Gasteiger partial charge in [-0.15, -0.1) is 0 Å². The molecule has 1 aliphatic heterocycles. The molecule has 1 saturated heterocycles. The van der Waals surface area contributed by atoms with Gasteiger partial charge < -0.3 is 26.2 Å². The molecule has 24 heavy (non-hydrogen) atoms. The topological polar surface area (TPSA) is 145 Å². The highest BCUT2D eigenvalue weighted by Gasteiger charge is 2.31. The molecule has 1 fully saturated rings. The highest BCUT2D eigenvalue weighted by molar-refractivity contribution is 5.92. The van der Waals surface area contributed by atoms with Gasteiger partial charge in [0.15, 0.2) is 0 Å². The van der Waals surface area contributed by atoms with Crippen LogP contribution in [0.5, 0.6) is 0 Å². The summed E-state index contributed by atoms with van der Waals surface area (Å²) in [6.07, 6.45) is 1.15. The molecule has 3 atom stereocenters. The molecular weight excluding hydrogens is 318 g/mol. The Bertz CT molecular complexity index is 488. The molecule has 0 bridgehead atoms. The third-order valence-corrected chi connectivity index (χ3v) is 3.71. The maximum Gasteiger partial charge on any atom is 0.326 e. The zero-order valence-electron chi connectivity index (χ0n) is 13.9. The molecular formula is C15H25N3O6. The Morgan fingerprint density at radius 1 is 1.12 bits per heavy atom. The van der Waals surface area contributed by atoms with Gasteiger partial charge in [-0.05, 0) is 31.7 Å². The van der Waals surface area contributed by atoms with Crippen molar-refractivity contribution < 1.29 is 29.4 Å². The summed E-state index contributed by atoms with van der Waals surface area (Å²) >= 11 is 0.